The van der Waals surface area contributed by atoms with E-state index in [0.29, 0.717) is 40.8 Å². The Morgan fingerprint density at radius 3 is 2.62 bits per heavy atom. The number of aromatic nitrogens is 6. The third-order valence-electron chi connectivity index (χ3n) is 7.24. The van der Waals surface area contributed by atoms with Gasteiger partial charge in [-0.15, -0.1) is 0 Å². The molecule has 1 aliphatic rings. The Balaban J connectivity index is 1.47. The fourth-order valence-electron chi connectivity index (χ4n) is 5.37. The van der Waals surface area contributed by atoms with Crippen LogP contribution in [0.2, 0.25) is 0 Å². The average molecular weight is 498 g/mol. The highest BCUT2D eigenvalue weighted by atomic mass is 19.1. The lowest BCUT2D eigenvalue weighted by Gasteiger charge is -2.23. The van der Waals surface area contributed by atoms with E-state index in [9.17, 15) is 9.18 Å². The van der Waals surface area contributed by atoms with Crippen molar-refractivity contribution in [3.63, 3.8) is 0 Å². The van der Waals surface area contributed by atoms with E-state index < -0.39 is 17.4 Å². The Hall–Kier alpha value is -4.14. The van der Waals surface area contributed by atoms with Crippen molar-refractivity contribution in [2.45, 2.75) is 57.5 Å². The fraction of sp³-hybridized carbons (Fsp3) is 0.321. The molecule has 1 atom stereocenters. The second-order valence-corrected chi connectivity index (χ2v) is 9.52. The van der Waals surface area contributed by atoms with Crippen LogP contribution >= 0.6 is 0 Å². The first-order valence-electron chi connectivity index (χ1n) is 12.9. The summed E-state index contributed by atoms with van der Waals surface area (Å²) in [5.74, 6) is 0.480. The predicted molar refractivity (Wildman–Crippen MR) is 141 cm³/mol. The molecule has 0 amide bonds. The van der Waals surface area contributed by atoms with Crippen molar-refractivity contribution in [3.05, 3.63) is 83.2 Å². The van der Waals surface area contributed by atoms with Crippen LogP contribution in [0.3, 0.4) is 0 Å². The molecule has 1 saturated carbocycles. The maximum atomic E-state index is 14.7. The zero-order valence-electron chi connectivity index (χ0n) is 20.6. The van der Waals surface area contributed by atoms with Crippen molar-refractivity contribution in [3.8, 4) is 5.69 Å². The zero-order chi connectivity index (χ0) is 25.4. The normalized spacial score (nSPS) is 15.3. The van der Waals surface area contributed by atoms with Crippen molar-refractivity contribution in [1.29, 1.82) is 0 Å². The maximum absolute atomic E-state index is 14.7. The average Bonchev–Trinajstić information content (AvgIpc) is 3.37. The fourth-order valence-corrected chi connectivity index (χ4v) is 5.37. The number of rotatable bonds is 6. The largest absolute Gasteiger partial charge is 0.358 e. The highest BCUT2D eigenvalue weighted by Crippen LogP contribution is 2.32. The number of hydrogen-bond acceptors (Lipinski definition) is 6. The van der Waals surface area contributed by atoms with Gasteiger partial charge in [-0.1, -0.05) is 50.5 Å². The van der Waals surface area contributed by atoms with Crippen molar-refractivity contribution < 1.29 is 4.39 Å². The van der Waals surface area contributed by atoms with Crippen LogP contribution in [0.5, 0.6) is 0 Å². The maximum Gasteiger partial charge on any atom is 0.269 e. The van der Waals surface area contributed by atoms with Gasteiger partial charge in [0.2, 0.25) is 0 Å². The number of halogens is 1. The minimum Gasteiger partial charge on any atom is -0.358 e. The van der Waals surface area contributed by atoms with Crippen LogP contribution in [-0.4, -0.2) is 29.1 Å². The molecule has 188 valence electrons. The molecule has 1 aliphatic carbocycles. The van der Waals surface area contributed by atoms with Gasteiger partial charge in [0.1, 0.15) is 28.9 Å². The molecule has 1 fully saturated rings. The summed E-state index contributed by atoms with van der Waals surface area (Å²) < 4.78 is 18.4. The molecule has 5 aromatic rings. The standard InChI is InChI=1S/C28H28FN7O/c1-2-21(33-25-24-27(31-16-30-25)35(17-32-24)18-10-5-3-6-11-18)26-34-22-15-9-14-20(29)23(22)28(37)36(26)19-12-7-4-8-13-19/h4,7-9,12-18,21H,2-3,5-6,10-11H2,1H3,(H,30,31,33)/t21-/m0/s1. The number of imidazole rings is 1. The molecular weight excluding hydrogens is 469 g/mol. The Labute approximate surface area is 213 Å². The minimum absolute atomic E-state index is 0.0272. The second kappa shape index (κ2) is 9.72. The van der Waals surface area contributed by atoms with Crippen LogP contribution in [0, 0.1) is 5.82 Å². The van der Waals surface area contributed by atoms with E-state index in [1.807, 2.05) is 43.6 Å². The molecule has 0 spiro atoms. The summed E-state index contributed by atoms with van der Waals surface area (Å²) in [6, 6.07) is 13.7. The number of nitrogens with zero attached hydrogens (tertiary/aromatic N) is 6. The second-order valence-electron chi connectivity index (χ2n) is 9.52. The first kappa shape index (κ1) is 23.3. The summed E-state index contributed by atoms with van der Waals surface area (Å²) in [5, 5.41) is 3.45. The van der Waals surface area contributed by atoms with Gasteiger partial charge in [-0.05, 0) is 43.5 Å². The summed E-state index contributed by atoms with van der Waals surface area (Å²) in [4.78, 5) is 32.2. The van der Waals surface area contributed by atoms with Crippen molar-refractivity contribution in [2.75, 3.05) is 5.32 Å². The van der Waals surface area contributed by atoms with Gasteiger partial charge in [-0.3, -0.25) is 9.36 Å². The number of hydrogen-bond donors (Lipinski definition) is 1. The highest BCUT2D eigenvalue weighted by molar-refractivity contribution is 5.83. The minimum atomic E-state index is -0.585. The molecule has 0 radical (unpaired) electrons. The van der Waals surface area contributed by atoms with Crippen LogP contribution in [0.25, 0.3) is 27.8 Å². The number of benzene rings is 2. The van der Waals surface area contributed by atoms with Gasteiger partial charge in [0.15, 0.2) is 11.5 Å². The predicted octanol–water partition coefficient (Wildman–Crippen LogP) is 5.73. The summed E-state index contributed by atoms with van der Waals surface area (Å²) in [5.41, 5.74) is 1.98. The summed E-state index contributed by atoms with van der Waals surface area (Å²) in [7, 11) is 0. The van der Waals surface area contributed by atoms with E-state index in [1.54, 1.807) is 18.5 Å². The molecule has 3 heterocycles. The monoisotopic (exact) mass is 497 g/mol. The molecule has 2 aromatic carbocycles. The van der Waals surface area contributed by atoms with Gasteiger partial charge in [0.05, 0.1) is 23.6 Å². The molecular formula is C28H28FN7O. The lowest BCUT2D eigenvalue weighted by atomic mass is 9.95. The van der Waals surface area contributed by atoms with E-state index in [1.165, 1.54) is 29.9 Å². The SMILES string of the molecule is CC[C@H](Nc1ncnc2c1ncn2C1CCCCC1)c1nc2cccc(F)c2c(=O)n1-c1ccccc1. The molecule has 0 aliphatic heterocycles. The van der Waals surface area contributed by atoms with Crippen LogP contribution in [0.15, 0.2) is 66.0 Å². The first-order valence-corrected chi connectivity index (χ1v) is 12.9. The molecule has 8 nitrogen and oxygen atoms in total. The lowest BCUT2D eigenvalue weighted by molar-refractivity contribution is 0.358. The zero-order valence-corrected chi connectivity index (χ0v) is 20.6. The van der Waals surface area contributed by atoms with Gasteiger partial charge >= 0.3 is 0 Å². The smallest absolute Gasteiger partial charge is 0.269 e. The molecule has 0 bridgehead atoms. The molecule has 0 saturated heterocycles. The number of nitrogens with one attached hydrogen (secondary N) is 1. The van der Waals surface area contributed by atoms with E-state index >= 15 is 0 Å². The van der Waals surface area contributed by atoms with E-state index in [2.05, 4.69) is 24.8 Å². The Morgan fingerprint density at radius 1 is 1.03 bits per heavy atom. The van der Waals surface area contributed by atoms with Crippen molar-refractivity contribution in [2.24, 2.45) is 0 Å². The molecule has 3 aromatic heterocycles. The molecule has 37 heavy (non-hydrogen) atoms. The third kappa shape index (κ3) is 4.14. The van der Waals surface area contributed by atoms with Crippen molar-refractivity contribution >= 4 is 27.9 Å². The van der Waals surface area contributed by atoms with Crippen LogP contribution < -0.4 is 10.9 Å². The van der Waals surface area contributed by atoms with Gasteiger partial charge < -0.3 is 9.88 Å². The van der Waals surface area contributed by atoms with E-state index in [0.717, 1.165) is 18.5 Å². The van der Waals surface area contributed by atoms with E-state index in [4.69, 9.17) is 4.98 Å². The quantitative estimate of drug-likeness (QED) is 0.322. The summed E-state index contributed by atoms with van der Waals surface area (Å²) >= 11 is 0. The number of para-hydroxylation sites is 1. The van der Waals surface area contributed by atoms with Gasteiger partial charge in [0.25, 0.3) is 5.56 Å². The Bertz CT molecular complexity index is 1620. The van der Waals surface area contributed by atoms with Crippen LogP contribution in [0.1, 0.15) is 63.4 Å². The van der Waals surface area contributed by atoms with Gasteiger partial charge in [0, 0.05) is 6.04 Å². The summed E-state index contributed by atoms with van der Waals surface area (Å²) in [6.07, 6.45) is 9.95. The van der Waals surface area contributed by atoms with Crippen molar-refractivity contribution in [1.82, 2.24) is 29.1 Å². The highest BCUT2D eigenvalue weighted by Gasteiger charge is 2.24. The molecule has 9 heteroatoms. The Morgan fingerprint density at radius 2 is 1.84 bits per heavy atom. The van der Waals surface area contributed by atoms with Crippen LogP contribution in [0.4, 0.5) is 10.2 Å². The van der Waals surface area contributed by atoms with Gasteiger partial charge in [-0.2, -0.15) is 0 Å². The summed E-state index contributed by atoms with van der Waals surface area (Å²) in [6.45, 7) is 2.01. The number of anilines is 1. The third-order valence-corrected chi connectivity index (χ3v) is 7.24. The Kier molecular flexibility index (Phi) is 6.12. The van der Waals surface area contributed by atoms with Crippen LogP contribution in [-0.2, 0) is 0 Å². The molecule has 0 unspecified atom stereocenters. The lowest BCUT2D eigenvalue weighted by Crippen LogP contribution is -2.28. The molecule has 6 rings (SSSR count). The van der Waals surface area contributed by atoms with Gasteiger partial charge in [-0.25, -0.2) is 24.3 Å². The topological polar surface area (TPSA) is 90.5 Å². The molecule has 1 N–H and O–H groups in total. The first-order chi connectivity index (χ1) is 18.2. The number of fused-ring (bicyclic) bond motifs is 2. The van der Waals surface area contributed by atoms with E-state index in [-0.39, 0.29) is 5.39 Å².